The number of nitrogens with one attached hydrogen (secondary N) is 1. The summed E-state index contributed by atoms with van der Waals surface area (Å²) in [6.45, 7) is 6.27. The maximum atomic E-state index is 12.4. The van der Waals surface area contributed by atoms with Gasteiger partial charge in [-0.2, -0.15) is 0 Å². The van der Waals surface area contributed by atoms with Crippen molar-refractivity contribution in [3.8, 4) is 0 Å². The standard InChI is InChI=1S/C18H27N3O2/c1-2-23-17-9-12-20(13-10-17)18(22)19-15-8-11-21(14-15)16-6-4-3-5-7-16/h3-7,15,17H,2,8-14H2,1H3,(H,19,22)/t15-/m1/s1. The predicted molar refractivity (Wildman–Crippen MR) is 91.8 cm³/mol. The van der Waals surface area contributed by atoms with E-state index < -0.39 is 0 Å². The molecule has 5 heteroatoms. The molecule has 2 heterocycles. The number of hydrogen-bond acceptors (Lipinski definition) is 3. The SMILES string of the molecule is CCOC1CCN(C(=O)N[C@@H]2CCN(c3ccccc3)C2)CC1. The Kier molecular flexibility index (Phi) is 5.39. The van der Waals surface area contributed by atoms with Crippen molar-refractivity contribution in [2.45, 2.75) is 38.3 Å². The van der Waals surface area contributed by atoms with E-state index in [1.165, 1.54) is 5.69 Å². The number of nitrogens with zero attached hydrogens (tertiary/aromatic N) is 2. The zero-order valence-corrected chi connectivity index (χ0v) is 13.9. The van der Waals surface area contributed by atoms with Gasteiger partial charge in [-0.1, -0.05) is 18.2 Å². The van der Waals surface area contributed by atoms with Crippen LogP contribution in [0.4, 0.5) is 10.5 Å². The Hall–Kier alpha value is -1.75. The number of benzene rings is 1. The molecule has 2 saturated heterocycles. The summed E-state index contributed by atoms with van der Waals surface area (Å²) >= 11 is 0. The second-order valence-electron chi connectivity index (χ2n) is 6.36. The Morgan fingerprint density at radius 1 is 1.17 bits per heavy atom. The molecule has 3 rings (SSSR count). The van der Waals surface area contributed by atoms with Crippen molar-refractivity contribution < 1.29 is 9.53 Å². The summed E-state index contributed by atoms with van der Waals surface area (Å²) in [6.07, 6.45) is 3.23. The maximum Gasteiger partial charge on any atom is 0.317 e. The van der Waals surface area contributed by atoms with Crippen LogP contribution in [-0.2, 0) is 4.74 Å². The molecule has 0 saturated carbocycles. The normalized spacial score (nSPS) is 22.4. The van der Waals surface area contributed by atoms with Crippen molar-refractivity contribution in [1.82, 2.24) is 10.2 Å². The third-order valence-corrected chi connectivity index (χ3v) is 4.77. The lowest BCUT2D eigenvalue weighted by molar-refractivity contribution is 0.0218. The molecule has 5 nitrogen and oxygen atoms in total. The van der Waals surface area contributed by atoms with E-state index in [2.05, 4.69) is 34.5 Å². The number of anilines is 1. The molecule has 2 aliphatic rings. The fourth-order valence-corrected chi connectivity index (χ4v) is 3.48. The average molecular weight is 317 g/mol. The van der Waals surface area contributed by atoms with Crippen LogP contribution in [0.2, 0.25) is 0 Å². The van der Waals surface area contributed by atoms with E-state index >= 15 is 0 Å². The molecule has 2 aliphatic heterocycles. The van der Waals surface area contributed by atoms with Crippen molar-refractivity contribution >= 4 is 11.7 Å². The van der Waals surface area contributed by atoms with Crippen molar-refractivity contribution in [3.63, 3.8) is 0 Å². The number of carbonyl (C=O) groups excluding carboxylic acids is 1. The van der Waals surface area contributed by atoms with Gasteiger partial charge in [0.05, 0.1) is 6.10 Å². The second-order valence-corrected chi connectivity index (χ2v) is 6.36. The molecule has 1 aromatic rings. The van der Waals surface area contributed by atoms with Crippen LogP contribution in [-0.4, -0.2) is 55.9 Å². The zero-order valence-electron chi connectivity index (χ0n) is 13.9. The van der Waals surface area contributed by atoms with Gasteiger partial charge in [0.25, 0.3) is 0 Å². The highest BCUT2D eigenvalue weighted by atomic mass is 16.5. The summed E-state index contributed by atoms with van der Waals surface area (Å²) in [5.41, 5.74) is 1.24. The number of hydrogen-bond donors (Lipinski definition) is 1. The van der Waals surface area contributed by atoms with E-state index in [9.17, 15) is 4.79 Å². The van der Waals surface area contributed by atoms with Gasteiger partial charge in [-0.05, 0) is 38.3 Å². The Labute approximate surface area is 138 Å². The quantitative estimate of drug-likeness (QED) is 0.928. The molecule has 126 valence electrons. The van der Waals surface area contributed by atoms with E-state index in [0.29, 0.717) is 6.10 Å². The number of piperidine rings is 1. The molecule has 23 heavy (non-hydrogen) atoms. The largest absolute Gasteiger partial charge is 0.378 e. The summed E-state index contributed by atoms with van der Waals surface area (Å²) in [4.78, 5) is 16.7. The molecule has 0 aromatic heterocycles. The van der Waals surface area contributed by atoms with Gasteiger partial charge < -0.3 is 19.9 Å². The Balaban J connectivity index is 1.44. The van der Waals surface area contributed by atoms with Crippen LogP contribution in [0.5, 0.6) is 0 Å². The molecule has 2 amide bonds. The molecule has 2 fully saturated rings. The summed E-state index contributed by atoms with van der Waals surface area (Å²) in [5, 5.41) is 3.20. The van der Waals surface area contributed by atoms with Crippen molar-refractivity contribution in [1.29, 1.82) is 0 Å². The monoisotopic (exact) mass is 317 g/mol. The van der Waals surface area contributed by atoms with E-state index in [-0.39, 0.29) is 12.1 Å². The van der Waals surface area contributed by atoms with Gasteiger partial charge in [0, 0.05) is 44.5 Å². The molecule has 1 atom stereocenters. The smallest absolute Gasteiger partial charge is 0.317 e. The van der Waals surface area contributed by atoms with Crippen LogP contribution < -0.4 is 10.2 Å². The van der Waals surface area contributed by atoms with Crippen LogP contribution >= 0.6 is 0 Å². The minimum Gasteiger partial charge on any atom is -0.378 e. The third-order valence-electron chi connectivity index (χ3n) is 4.77. The lowest BCUT2D eigenvalue weighted by Gasteiger charge is -2.32. The maximum absolute atomic E-state index is 12.4. The first-order valence-corrected chi connectivity index (χ1v) is 8.73. The molecule has 0 aliphatic carbocycles. The number of urea groups is 1. The van der Waals surface area contributed by atoms with Gasteiger partial charge in [-0.15, -0.1) is 0 Å². The minimum absolute atomic E-state index is 0.0832. The first kappa shape index (κ1) is 16.1. The summed E-state index contributed by atoms with van der Waals surface area (Å²) < 4.78 is 5.64. The number of ether oxygens (including phenoxy) is 1. The summed E-state index contributed by atoms with van der Waals surface area (Å²) in [7, 11) is 0. The molecular formula is C18H27N3O2. The van der Waals surface area contributed by atoms with E-state index in [0.717, 1.165) is 52.0 Å². The highest BCUT2D eigenvalue weighted by Crippen LogP contribution is 2.20. The van der Waals surface area contributed by atoms with E-state index in [1.807, 2.05) is 17.9 Å². The van der Waals surface area contributed by atoms with Gasteiger partial charge in [0.1, 0.15) is 0 Å². The number of para-hydroxylation sites is 1. The van der Waals surface area contributed by atoms with Crippen LogP contribution in [0, 0.1) is 0 Å². The van der Waals surface area contributed by atoms with Crippen LogP contribution in [0.3, 0.4) is 0 Å². The molecule has 0 bridgehead atoms. The third kappa shape index (κ3) is 4.16. The Morgan fingerprint density at radius 2 is 1.91 bits per heavy atom. The highest BCUT2D eigenvalue weighted by molar-refractivity contribution is 5.74. The highest BCUT2D eigenvalue weighted by Gasteiger charge is 2.28. The van der Waals surface area contributed by atoms with Gasteiger partial charge in [-0.25, -0.2) is 4.79 Å². The molecule has 0 spiro atoms. The first-order chi connectivity index (χ1) is 11.3. The lowest BCUT2D eigenvalue weighted by atomic mass is 10.1. The van der Waals surface area contributed by atoms with Crippen molar-refractivity contribution in [3.05, 3.63) is 30.3 Å². The molecular weight excluding hydrogens is 290 g/mol. The topological polar surface area (TPSA) is 44.8 Å². The second kappa shape index (κ2) is 7.68. The molecule has 0 unspecified atom stereocenters. The fourth-order valence-electron chi connectivity index (χ4n) is 3.48. The minimum atomic E-state index is 0.0832. The van der Waals surface area contributed by atoms with E-state index in [4.69, 9.17) is 4.74 Å². The number of likely N-dealkylation sites (tertiary alicyclic amines) is 1. The average Bonchev–Trinajstić information content (AvgIpc) is 3.05. The van der Waals surface area contributed by atoms with Gasteiger partial charge >= 0.3 is 6.03 Å². The fraction of sp³-hybridized carbons (Fsp3) is 0.611. The summed E-state index contributed by atoms with van der Waals surface area (Å²) in [6, 6.07) is 10.7. The van der Waals surface area contributed by atoms with E-state index in [1.54, 1.807) is 0 Å². The van der Waals surface area contributed by atoms with Gasteiger partial charge in [0.2, 0.25) is 0 Å². The van der Waals surface area contributed by atoms with Crippen molar-refractivity contribution in [2.24, 2.45) is 0 Å². The van der Waals surface area contributed by atoms with Crippen LogP contribution in [0.25, 0.3) is 0 Å². The zero-order chi connectivity index (χ0) is 16.1. The van der Waals surface area contributed by atoms with Crippen LogP contribution in [0.1, 0.15) is 26.2 Å². The first-order valence-electron chi connectivity index (χ1n) is 8.73. The Morgan fingerprint density at radius 3 is 2.61 bits per heavy atom. The van der Waals surface area contributed by atoms with Crippen LogP contribution in [0.15, 0.2) is 30.3 Å². The number of rotatable bonds is 4. The Bertz CT molecular complexity index is 500. The predicted octanol–water partition coefficient (Wildman–Crippen LogP) is 2.48. The number of amides is 2. The number of carbonyl (C=O) groups is 1. The van der Waals surface area contributed by atoms with Gasteiger partial charge in [0.15, 0.2) is 0 Å². The van der Waals surface area contributed by atoms with Gasteiger partial charge in [-0.3, -0.25) is 0 Å². The molecule has 1 aromatic carbocycles. The lowest BCUT2D eigenvalue weighted by Crippen LogP contribution is -2.49. The molecule has 0 radical (unpaired) electrons. The van der Waals surface area contributed by atoms with Crippen molar-refractivity contribution in [2.75, 3.05) is 37.7 Å². The summed E-state index contributed by atoms with van der Waals surface area (Å²) in [5.74, 6) is 0. The molecule has 1 N–H and O–H groups in total.